The van der Waals surface area contributed by atoms with Gasteiger partial charge >= 0.3 is 12.0 Å². The number of carboxylic acid groups (broad SMARTS) is 1. The van der Waals surface area contributed by atoms with Crippen LogP contribution in [0.3, 0.4) is 0 Å². The maximum absolute atomic E-state index is 12.0. The number of carbonyl (C=O) groups excluding carboxylic acids is 2. The number of imide groups is 1. The van der Waals surface area contributed by atoms with E-state index in [1.165, 1.54) is 6.08 Å². The minimum Gasteiger partial charge on any atom is -0.480 e. The van der Waals surface area contributed by atoms with Crippen LogP contribution in [0.4, 0.5) is 4.79 Å². The van der Waals surface area contributed by atoms with Crippen LogP contribution in [0.15, 0.2) is 51.0 Å². The molecule has 0 spiro atoms. The van der Waals surface area contributed by atoms with E-state index in [1.54, 1.807) is 12.1 Å². The summed E-state index contributed by atoms with van der Waals surface area (Å²) in [4.78, 5) is 35.0. The van der Waals surface area contributed by atoms with E-state index in [-0.39, 0.29) is 5.70 Å². The number of carbonyl (C=O) groups is 3. The summed E-state index contributed by atoms with van der Waals surface area (Å²) < 4.78 is 6.55. The average molecular weight is 391 g/mol. The highest BCUT2D eigenvalue weighted by Gasteiger charge is 2.35. The third-order valence-electron chi connectivity index (χ3n) is 3.28. The third-order valence-corrected chi connectivity index (χ3v) is 3.77. The summed E-state index contributed by atoms with van der Waals surface area (Å²) in [5, 5.41) is 11.1. The summed E-state index contributed by atoms with van der Waals surface area (Å²) in [5.74, 6) is -1.01. The standard InChI is InChI=1S/C16H11BrN2O5/c17-10-3-1-2-9(6-10)13-5-4-11(24-13)7-12-15(22)19(8-14(20)21)16(23)18-12/h1-7H,8H2,(H,18,23)(H,20,21)/b12-7+. The summed E-state index contributed by atoms with van der Waals surface area (Å²) in [5.41, 5.74) is 0.819. The molecular weight excluding hydrogens is 380 g/mol. The normalized spacial score (nSPS) is 15.9. The van der Waals surface area contributed by atoms with Gasteiger partial charge in [-0.3, -0.25) is 9.59 Å². The molecule has 0 saturated carbocycles. The van der Waals surface area contributed by atoms with Crippen molar-refractivity contribution in [3.8, 4) is 11.3 Å². The molecule has 0 radical (unpaired) electrons. The molecule has 0 bridgehead atoms. The number of rotatable bonds is 4. The molecule has 1 aliphatic rings. The molecule has 2 N–H and O–H groups in total. The van der Waals surface area contributed by atoms with Gasteiger partial charge < -0.3 is 14.8 Å². The van der Waals surface area contributed by atoms with Crippen LogP contribution in [0.5, 0.6) is 0 Å². The average Bonchev–Trinajstić information content (AvgIpc) is 3.08. The molecule has 2 aromatic rings. The van der Waals surface area contributed by atoms with Crippen LogP contribution in [0.1, 0.15) is 5.76 Å². The van der Waals surface area contributed by atoms with Crippen LogP contribution < -0.4 is 5.32 Å². The number of carboxylic acids is 1. The third kappa shape index (κ3) is 3.23. The molecule has 3 amide bonds. The number of furan rings is 1. The maximum atomic E-state index is 12.0. The van der Waals surface area contributed by atoms with Gasteiger partial charge in [-0.1, -0.05) is 28.1 Å². The zero-order valence-electron chi connectivity index (χ0n) is 12.2. The van der Waals surface area contributed by atoms with Crippen LogP contribution in [-0.2, 0) is 9.59 Å². The highest BCUT2D eigenvalue weighted by atomic mass is 79.9. The number of nitrogens with zero attached hydrogens (tertiary/aromatic N) is 1. The number of amides is 3. The van der Waals surface area contributed by atoms with Gasteiger partial charge in [0, 0.05) is 16.1 Å². The molecule has 1 saturated heterocycles. The fraction of sp³-hybridized carbons (Fsp3) is 0.0625. The van der Waals surface area contributed by atoms with Crippen molar-refractivity contribution in [2.24, 2.45) is 0 Å². The lowest BCUT2D eigenvalue weighted by molar-refractivity contribution is -0.140. The van der Waals surface area contributed by atoms with Crippen LogP contribution >= 0.6 is 15.9 Å². The van der Waals surface area contributed by atoms with Crippen molar-refractivity contribution in [3.63, 3.8) is 0 Å². The lowest BCUT2D eigenvalue weighted by atomic mass is 10.2. The second kappa shape index (κ2) is 6.32. The van der Waals surface area contributed by atoms with Gasteiger partial charge in [-0.15, -0.1) is 0 Å². The topological polar surface area (TPSA) is 99.8 Å². The smallest absolute Gasteiger partial charge is 0.329 e. The van der Waals surface area contributed by atoms with Crippen molar-refractivity contribution < 1.29 is 23.9 Å². The molecular formula is C16H11BrN2O5. The molecule has 1 fully saturated rings. The van der Waals surface area contributed by atoms with Crippen LogP contribution in [0.25, 0.3) is 17.4 Å². The van der Waals surface area contributed by atoms with Gasteiger partial charge in [0.2, 0.25) is 0 Å². The minimum atomic E-state index is -1.27. The van der Waals surface area contributed by atoms with Crippen LogP contribution in [-0.4, -0.2) is 34.5 Å². The number of hydrogen-bond donors (Lipinski definition) is 2. The van der Waals surface area contributed by atoms with Gasteiger partial charge in [0.25, 0.3) is 5.91 Å². The van der Waals surface area contributed by atoms with Crippen molar-refractivity contribution in [1.29, 1.82) is 0 Å². The summed E-state index contributed by atoms with van der Waals surface area (Å²) in [6.45, 7) is -0.691. The first-order chi connectivity index (χ1) is 11.4. The monoisotopic (exact) mass is 390 g/mol. The van der Waals surface area contributed by atoms with Crippen molar-refractivity contribution in [2.75, 3.05) is 6.54 Å². The molecule has 0 aliphatic carbocycles. The zero-order chi connectivity index (χ0) is 17.3. The van der Waals surface area contributed by atoms with Crippen molar-refractivity contribution in [2.45, 2.75) is 0 Å². The minimum absolute atomic E-state index is 0.0311. The van der Waals surface area contributed by atoms with Gasteiger partial charge in [0.1, 0.15) is 23.8 Å². The largest absolute Gasteiger partial charge is 0.480 e. The Kier molecular flexibility index (Phi) is 4.22. The van der Waals surface area contributed by atoms with Gasteiger partial charge in [-0.2, -0.15) is 0 Å². The number of nitrogens with one attached hydrogen (secondary N) is 1. The van der Waals surface area contributed by atoms with Gasteiger partial charge in [0.15, 0.2) is 0 Å². The summed E-state index contributed by atoms with van der Waals surface area (Å²) in [7, 11) is 0. The summed E-state index contributed by atoms with van der Waals surface area (Å²) >= 11 is 3.38. The van der Waals surface area contributed by atoms with E-state index in [0.29, 0.717) is 16.4 Å². The maximum Gasteiger partial charge on any atom is 0.329 e. The van der Waals surface area contributed by atoms with E-state index in [9.17, 15) is 14.4 Å². The highest BCUT2D eigenvalue weighted by molar-refractivity contribution is 9.10. The number of urea groups is 1. The van der Waals surface area contributed by atoms with Gasteiger partial charge in [0.05, 0.1) is 0 Å². The van der Waals surface area contributed by atoms with E-state index in [1.807, 2.05) is 24.3 Å². The Labute approximate surface area is 144 Å². The molecule has 122 valence electrons. The number of aliphatic carboxylic acids is 1. The molecule has 8 heteroatoms. The predicted octanol–water partition coefficient (Wildman–Crippen LogP) is 2.69. The Morgan fingerprint density at radius 1 is 1.29 bits per heavy atom. The van der Waals surface area contributed by atoms with Gasteiger partial charge in [-0.25, -0.2) is 9.69 Å². The fourth-order valence-electron chi connectivity index (χ4n) is 2.22. The van der Waals surface area contributed by atoms with Crippen molar-refractivity contribution in [1.82, 2.24) is 10.2 Å². The zero-order valence-corrected chi connectivity index (χ0v) is 13.7. The second-order valence-electron chi connectivity index (χ2n) is 4.99. The molecule has 1 aromatic heterocycles. The van der Waals surface area contributed by atoms with E-state index in [0.717, 1.165) is 10.0 Å². The van der Waals surface area contributed by atoms with Crippen LogP contribution in [0, 0.1) is 0 Å². The summed E-state index contributed by atoms with van der Waals surface area (Å²) in [6.07, 6.45) is 1.36. The first kappa shape index (κ1) is 16.0. The van der Waals surface area contributed by atoms with Crippen LogP contribution in [0.2, 0.25) is 0 Å². The Balaban J connectivity index is 1.84. The Hall–Kier alpha value is -2.87. The lowest BCUT2D eigenvalue weighted by Gasteiger charge is -2.06. The van der Waals surface area contributed by atoms with E-state index < -0.39 is 24.5 Å². The first-order valence-electron chi connectivity index (χ1n) is 6.86. The fourth-order valence-corrected chi connectivity index (χ4v) is 2.62. The number of benzene rings is 1. The molecule has 7 nitrogen and oxygen atoms in total. The van der Waals surface area contributed by atoms with Crippen molar-refractivity contribution in [3.05, 3.63) is 52.3 Å². The molecule has 0 unspecified atom stereocenters. The Bertz CT molecular complexity index is 871. The van der Waals surface area contributed by atoms with Gasteiger partial charge in [-0.05, 0) is 24.3 Å². The lowest BCUT2D eigenvalue weighted by Crippen LogP contribution is -2.35. The Morgan fingerprint density at radius 2 is 2.08 bits per heavy atom. The van der Waals surface area contributed by atoms with E-state index >= 15 is 0 Å². The molecule has 1 aliphatic heterocycles. The first-order valence-corrected chi connectivity index (χ1v) is 7.65. The highest BCUT2D eigenvalue weighted by Crippen LogP contribution is 2.26. The molecule has 0 atom stereocenters. The summed E-state index contributed by atoms with van der Waals surface area (Å²) in [6, 6.07) is 10.1. The number of hydrogen-bond acceptors (Lipinski definition) is 4. The molecule has 1 aromatic carbocycles. The van der Waals surface area contributed by atoms with E-state index in [4.69, 9.17) is 9.52 Å². The molecule has 3 rings (SSSR count). The number of halogens is 1. The Morgan fingerprint density at radius 3 is 2.79 bits per heavy atom. The second-order valence-corrected chi connectivity index (χ2v) is 5.90. The van der Waals surface area contributed by atoms with Crippen molar-refractivity contribution >= 4 is 39.9 Å². The SMILES string of the molecule is O=C(O)CN1C(=O)N/C(=C/c2ccc(-c3cccc(Br)c3)o2)C1=O. The predicted molar refractivity (Wildman–Crippen MR) is 87.7 cm³/mol. The quantitative estimate of drug-likeness (QED) is 0.617. The van der Waals surface area contributed by atoms with E-state index in [2.05, 4.69) is 21.2 Å². The molecule has 24 heavy (non-hydrogen) atoms. The molecule has 2 heterocycles.